The molecular formula is C14H11N2O5+. The van der Waals surface area contributed by atoms with Crippen LogP contribution in [0, 0.1) is 4.91 Å². The summed E-state index contributed by atoms with van der Waals surface area (Å²) in [7, 11) is 0. The van der Waals surface area contributed by atoms with Crippen LogP contribution in [-0.4, -0.2) is 27.0 Å². The zero-order valence-corrected chi connectivity index (χ0v) is 10.7. The summed E-state index contributed by atoms with van der Waals surface area (Å²) in [5, 5.41) is 17.5. The number of benzene rings is 2. The predicted molar refractivity (Wildman–Crippen MR) is 73.7 cm³/mol. The van der Waals surface area contributed by atoms with E-state index >= 15 is 0 Å². The Hall–Kier alpha value is -3.22. The van der Waals surface area contributed by atoms with Crippen molar-refractivity contribution in [3.63, 3.8) is 0 Å². The summed E-state index contributed by atoms with van der Waals surface area (Å²) in [6, 6.07) is 11.0. The number of hydrogen-bond donors (Lipinski definition) is 3. The molecule has 0 radical (unpaired) electrons. The van der Waals surface area contributed by atoms with Crippen LogP contribution >= 0.6 is 0 Å². The Labute approximate surface area is 119 Å². The van der Waals surface area contributed by atoms with Gasteiger partial charge in [0.2, 0.25) is 0 Å². The molecule has 0 unspecified atom stereocenters. The van der Waals surface area contributed by atoms with Gasteiger partial charge >= 0.3 is 11.9 Å². The number of hydrogen-bond acceptors (Lipinski definition) is 3. The lowest BCUT2D eigenvalue weighted by atomic mass is 10.2. The Balaban J connectivity index is 2.10. The molecule has 0 aliphatic heterocycles. The molecular weight excluding hydrogens is 276 g/mol. The number of nitrogens with one attached hydrogen (secondary N) is 1. The van der Waals surface area contributed by atoms with Crippen LogP contribution in [0.1, 0.15) is 20.7 Å². The van der Waals surface area contributed by atoms with Gasteiger partial charge in [0.25, 0.3) is 5.69 Å². The van der Waals surface area contributed by atoms with Gasteiger partial charge in [0, 0.05) is 12.1 Å². The predicted octanol–water partition coefficient (Wildman–Crippen LogP) is 2.52. The Morgan fingerprint density at radius 1 is 0.810 bits per heavy atom. The van der Waals surface area contributed by atoms with E-state index in [0.29, 0.717) is 10.6 Å². The van der Waals surface area contributed by atoms with Crippen molar-refractivity contribution in [2.75, 3.05) is 5.43 Å². The summed E-state index contributed by atoms with van der Waals surface area (Å²) in [5.41, 5.74) is 3.35. The van der Waals surface area contributed by atoms with Crippen LogP contribution in [0.15, 0.2) is 48.5 Å². The summed E-state index contributed by atoms with van der Waals surface area (Å²) in [6.07, 6.45) is 0. The van der Waals surface area contributed by atoms with Crippen LogP contribution < -0.4 is 5.43 Å². The number of nitrogens with zero attached hydrogens (tertiary/aromatic N) is 1. The van der Waals surface area contributed by atoms with Gasteiger partial charge in [-0.3, -0.25) is 0 Å². The normalized spacial score (nSPS) is 9.90. The van der Waals surface area contributed by atoms with E-state index in [1.165, 1.54) is 48.5 Å². The number of anilines is 1. The lowest BCUT2D eigenvalue weighted by molar-refractivity contribution is -0.427. The zero-order chi connectivity index (χ0) is 15.4. The first-order valence-corrected chi connectivity index (χ1v) is 5.88. The molecule has 7 heteroatoms. The fraction of sp³-hybridized carbons (Fsp3) is 0. The van der Waals surface area contributed by atoms with Crippen molar-refractivity contribution >= 4 is 23.3 Å². The average molecular weight is 287 g/mol. The third-order valence-corrected chi connectivity index (χ3v) is 2.71. The molecule has 0 amide bonds. The standard InChI is InChI=1S/C14H10N2O5/c17-13(18)9-1-5-11(6-2-9)15-16(21)12-7-3-10(4-8-12)14(19)20/h1-8H,(H2-,15,17,18,19,20,21)/p+1. The maximum Gasteiger partial charge on any atom is 0.335 e. The van der Waals surface area contributed by atoms with E-state index in [4.69, 9.17) is 10.2 Å². The van der Waals surface area contributed by atoms with E-state index in [1.54, 1.807) is 0 Å². The zero-order valence-electron chi connectivity index (χ0n) is 10.7. The van der Waals surface area contributed by atoms with Crippen LogP contribution in [0.3, 0.4) is 0 Å². The summed E-state index contributed by atoms with van der Waals surface area (Å²) < 4.78 is 0. The fourth-order valence-corrected chi connectivity index (χ4v) is 1.61. The van der Waals surface area contributed by atoms with Gasteiger partial charge < -0.3 is 10.2 Å². The molecule has 106 valence electrons. The highest BCUT2D eigenvalue weighted by atomic mass is 16.4. The lowest BCUT2D eigenvalue weighted by Gasteiger charge is -1.99. The molecule has 0 fully saturated rings. The summed E-state index contributed by atoms with van der Waals surface area (Å²) in [4.78, 5) is 33.7. The van der Waals surface area contributed by atoms with Crippen molar-refractivity contribution < 1.29 is 24.7 Å². The van der Waals surface area contributed by atoms with Crippen LogP contribution in [-0.2, 0) is 0 Å². The molecule has 0 aromatic heterocycles. The van der Waals surface area contributed by atoms with Crippen LogP contribution in [0.4, 0.5) is 11.4 Å². The lowest BCUT2D eigenvalue weighted by Crippen LogP contribution is -2.10. The largest absolute Gasteiger partial charge is 0.478 e. The number of rotatable bonds is 5. The van der Waals surface area contributed by atoms with Crippen molar-refractivity contribution in [3.8, 4) is 0 Å². The van der Waals surface area contributed by atoms with Crippen LogP contribution in [0.25, 0.3) is 0 Å². The van der Waals surface area contributed by atoms with Crippen molar-refractivity contribution in [2.24, 2.45) is 0 Å². The third kappa shape index (κ3) is 3.41. The molecule has 0 saturated carbocycles. The summed E-state index contributed by atoms with van der Waals surface area (Å²) >= 11 is 0. The van der Waals surface area contributed by atoms with Gasteiger partial charge in [-0.15, -0.1) is 5.43 Å². The number of carboxylic acid groups (broad SMARTS) is 2. The second kappa shape index (κ2) is 5.83. The fourth-order valence-electron chi connectivity index (χ4n) is 1.61. The van der Waals surface area contributed by atoms with Crippen molar-refractivity contribution in [3.05, 3.63) is 64.6 Å². The molecule has 0 aliphatic carbocycles. The van der Waals surface area contributed by atoms with E-state index < -0.39 is 11.9 Å². The van der Waals surface area contributed by atoms with Gasteiger partial charge in [-0.05, 0) is 36.4 Å². The van der Waals surface area contributed by atoms with Gasteiger partial charge in [0.05, 0.1) is 16.0 Å². The number of hydrazine groups is 1. The molecule has 0 heterocycles. The monoisotopic (exact) mass is 287 g/mol. The van der Waals surface area contributed by atoms with Crippen LogP contribution in [0.2, 0.25) is 0 Å². The Bertz CT molecular complexity index is 692. The SMILES string of the molecule is O=C(O)c1ccc(N[N+](=O)c2ccc(C(=O)O)cc2)cc1. The third-order valence-electron chi connectivity index (χ3n) is 2.71. The van der Waals surface area contributed by atoms with E-state index in [2.05, 4.69) is 5.43 Å². The molecule has 7 nitrogen and oxygen atoms in total. The molecule has 0 aliphatic rings. The maximum absolute atomic E-state index is 11.9. The van der Waals surface area contributed by atoms with Gasteiger partial charge in [-0.1, -0.05) is 0 Å². The Morgan fingerprint density at radius 3 is 1.67 bits per heavy atom. The second-order valence-electron chi connectivity index (χ2n) is 4.14. The highest BCUT2D eigenvalue weighted by Gasteiger charge is 2.15. The van der Waals surface area contributed by atoms with Crippen molar-refractivity contribution in [2.45, 2.75) is 0 Å². The number of carbonyl (C=O) groups is 2. The molecule has 0 spiro atoms. The first-order valence-electron chi connectivity index (χ1n) is 5.88. The second-order valence-corrected chi connectivity index (χ2v) is 4.14. The molecule has 0 bridgehead atoms. The molecule has 2 rings (SSSR count). The highest BCUT2D eigenvalue weighted by Crippen LogP contribution is 2.16. The van der Waals surface area contributed by atoms with Gasteiger partial charge in [0.15, 0.2) is 4.87 Å². The number of aromatic carboxylic acids is 2. The number of carboxylic acids is 2. The van der Waals surface area contributed by atoms with E-state index in [9.17, 15) is 14.5 Å². The summed E-state index contributed by atoms with van der Waals surface area (Å²) in [6.45, 7) is 0. The minimum Gasteiger partial charge on any atom is -0.478 e. The quantitative estimate of drug-likeness (QED) is 0.576. The van der Waals surface area contributed by atoms with Gasteiger partial charge in [-0.2, -0.15) is 0 Å². The van der Waals surface area contributed by atoms with E-state index in [1.807, 2.05) is 0 Å². The minimum atomic E-state index is -1.07. The van der Waals surface area contributed by atoms with E-state index in [0.717, 1.165) is 0 Å². The summed E-state index contributed by atoms with van der Waals surface area (Å²) in [5.74, 6) is -2.12. The maximum atomic E-state index is 11.9. The smallest absolute Gasteiger partial charge is 0.335 e. The Morgan fingerprint density at radius 2 is 1.24 bits per heavy atom. The van der Waals surface area contributed by atoms with Gasteiger partial charge in [-0.25, -0.2) is 9.59 Å². The number of nitroso groups, excluding NO2 is 1. The first kappa shape index (κ1) is 14.2. The van der Waals surface area contributed by atoms with Gasteiger partial charge in [0.1, 0.15) is 5.69 Å². The molecule has 0 saturated heterocycles. The van der Waals surface area contributed by atoms with Crippen molar-refractivity contribution in [1.82, 2.24) is 0 Å². The topological polar surface area (TPSA) is 107 Å². The molecule has 21 heavy (non-hydrogen) atoms. The first-order chi connectivity index (χ1) is 9.97. The van der Waals surface area contributed by atoms with E-state index in [-0.39, 0.29) is 16.8 Å². The average Bonchev–Trinajstić information content (AvgIpc) is 2.47. The Kier molecular flexibility index (Phi) is 3.94. The molecule has 2 aromatic rings. The van der Waals surface area contributed by atoms with Crippen molar-refractivity contribution in [1.29, 1.82) is 0 Å². The molecule has 2 aromatic carbocycles. The molecule has 0 atom stereocenters. The minimum absolute atomic E-state index is 0.0814. The van der Waals surface area contributed by atoms with Crippen LogP contribution in [0.5, 0.6) is 0 Å². The molecule has 3 N–H and O–H groups in total. The highest BCUT2D eigenvalue weighted by molar-refractivity contribution is 5.88.